The van der Waals surface area contributed by atoms with Crippen molar-refractivity contribution >= 4 is 27.0 Å². The van der Waals surface area contributed by atoms with Crippen molar-refractivity contribution in [3.05, 3.63) is 105 Å². The number of sulfonamides is 1. The van der Waals surface area contributed by atoms with Gasteiger partial charge >= 0.3 is 11.6 Å². The molecule has 8 heteroatoms. The summed E-state index contributed by atoms with van der Waals surface area (Å²) in [6, 6.07) is 19.6. The highest BCUT2D eigenvalue weighted by atomic mass is 32.2. The molecule has 0 saturated heterocycles. The van der Waals surface area contributed by atoms with Gasteiger partial charge in [0, 0.05) is 24.9 Å². The highest BCUT2D eigenvalue weighted by Gasteiger charge is 2.19. The Kier molecular flexibility index (Phi) is 7.90. The predicted octanol–water partition coefficient (Wildman–Crippen LogP) is 4.97. The first-order valence-corrected chi connectivity index (χ1v) is 13.5. The molecule has 4 aromatic rings. The van der Waals surface area contributed by atoms with Gasteiger partial charge < -0.3 is 9.15 Å². The molecule has 1 N–H and O–H groups in total. The lowest BCUT2D eigenvalue weighted by Crippen LogP contribution is -2.25. The average molecular weight is 520 g/mol. The lowest BCUT2D eigenvalue weighted by atomic mass is 9.98. The molecule has 0 aliphatic carbocycles. The number of hydrogen-bond acceptors (Lipinski definition) is 6. The van der Waals surface area contributed by atoms with Crippen LogP contribution in [0.25, 0.3) is 11.0 Å². The zero-order valence-corrected chi connectivity index (χ0v) is 21.9. The molecular formula is C29H29NO6S. The Hall–Kier alpha value is -3.75. The number of rotatable bonds is 9. The zero-order chi connectivity index (χ0) is 26.6. The van der Waals surface area contributed by atoms with E-state index in [1.165, 1.54) is 0 Å². The van der Waals surface area contributed by atoms with Gasteiger partial charge in [0.2, 0.25) is 10.0 Å². The Morgan fingerprint density at radius 1 is 0.946 bits per heavy atom. The third-order valence-electron chi connectivity index (χ3n) is 6.12. The number of carbonyl (C=O) groups excluding carboxylic acids is 1. The lowest BCUT2D eigenvalue weighted by Gasteiger charge is -2.13. The number of nitrogens with one attached hydrogen (secondary N) is 1. The minimum atomic E-state index is -3.65. The molecule has 0 saturated carbocycles. The Bertz CT molecular complexity index is 1590. The molecule has 7 nitrogen and oxygen atoms in total. The minimum Gasteiger partial charge on any atom is -0.426 e. The van der Waals surface area contributed by atoms with E-state index in [4.69, 9.17) is 9.15 Å². The fraction of sp³-hybridized carbons (Fsp3) is 0.241. The van der Waals surface area contributed by atoms with Crippen molar-refractivity contribution in [3.63, 3.8) is 0 Å². The average Bonchev–Trinajstić information content (AvgIpc) is 2.85. The first-order chi connectivity index (χ1) is 17.6. The number of hydrogen-bond donors (Lipinski definition) is 1. The fourth-order valence-electron chi connectivity index (χ4n) is 4.14. The van der Waals surface area contributed by atoms with Crippen molar-refractivity contribution in [2.24, 2.45) is 0 Å². The Morgan fingerprint density at radius 2 is 1.65 bits per heavy atom. The smallest absolute Gasteiger partial charge is 0.340 e. The summed E-state index contributed by atoms with van der Waals surface area (Å²) in [5.41, 5.74) is 3.85. The van der Waals surface area contributed by atoms with Crippen LogP contribution in [-0.4, -0.2) is 20.9 Å². The molecule has 0 radical (unpaired) electrons. The van der Waals surface area contributed by atoms with Crippen LogP contribution in [0.5, 0.6) is 5.75 Å². The van der Waals surface area contributed by atoms with Crippen LogP contribution in [0, 0.1) is 20.8 Å². The van der Waals surface area contributed by atoms with Crippen LogP contribution in [0.2, 0.25) is 0 Å². The van der Waals surface area contributed by atoms with E-state index in [-0.39, 0.29) is 24.3 Å². The van der Waals surface area contributed by atoms with Crippen LogP contribution in [-0.2, 0) is 21.2 Å². The van der Waals surface area contributed by atoms with Crippen LogP contribution in [0.3, 0.4) is 0 Å². The van der Waals surface area contributed by atoms with Gasteiger partial charge in [0.25, 0.3) is 0 Å². The quantitative estimate of drug-likeness (QED) is 0.145. The molecule has 0 aliphatic rings. The number of benzene rings is 3. The molecule has 0 unspecified atom stereocenters. The standard InChI is InChI=1S/C29H29NO6S/c1-19-11-13-23(14-12-19)37(33,34)30-15-7-10-27(31)35-25-16-20(2)17-26-28(25)21(3)24(29(32)36-26)18-22-8-5-4-6-9-22/h4-6,8-9,11-14,16-17,30H,7,10,15,18H2,1-3H3. The van der Waals surface area contributed by atoms with Gasteiger partial charge in [-0.25, -0.2) is 17.9 Å². The first-order valence-electron chi connectivity index (χ1n) is 12.0. The Morgan fingerprint density at radius 3 is 2.35 bits per heavy atom. The van der Waals surface area contributed by atoms with Gasteiger partial charge in [0.15, 0.2) is 0 Å². The van der Waals surface area contributed by atoms with Gasteiger partial charge in [-0.05, 0) is 68.1 Å². The molecule has 0 aliphatic heterocycles. The van der Waals surface area contributed by atoms with E-state index >= 15 is 0 Å². The normalized spacial score (nSPS) is 11.5. The molecular weight excluding hydrogens is 490 g/mol. The van der Waals surface area contributed by atoms with Crippen molar-refractivity contribution in [2.45, 2.75) is 44.9 Å². The maximum atomic E-state index is 12.7. The van der Waals surface area contributed by atoms with Crippen LogP contribution in [0.1, 0.15) is 40.7 Å². The van der Waals surface area contributed by atoms with Crippen LogP contribution >= 0.6 is 0 Å². The summed E-state index contributed by atoms with van der Waals surface area (Å²) in [6.07, 6.45) is 0.673. The van der Waals surface area contributed by atoms with Gasteiger partial charge in [0.05, 0.1) is 10.3 Å². The minimum absolute atomic E-state index is 0.0125. The number of aryl methyl sites for hydroxylation is 3. The summed E-state index contributed by atoms with van der Waals surface area (Å²) < 4.78 is 38.7. The maximum absolute atomic E-state index is 12.7. The Labute approximate surface area is 216 Å². The second-order valence-electron chi connectivity index (χ2n) is 9.08. The Balaban J connectivity index is 1.47. The highest BCUT2D eigenvalue weighted by molar-refractivity contribution is 7.89. The SMILES string of the molecule is Cc1ccc(S(=O)(=O)NCCCC(=O)Oc2cc(C)cc3oc(=O)c(Cc4ccccc4)c(C)c23)cc1. The number of carbonyl (C=O) groups is 1. The third-order valence-corrected chi connectivity index (χ3v) is 7.59. The van der Waals surface area contributed by atoms with Gasteiger partial charge in [-0.3, -0.25) is 4.79 Å². The van der Waals surface area contributed by atoms with E-state index in [1.54, 1.807) is 36.4 Å². The molecule has 1 heterocycles. The van der Waals surface area contributed by atoms with Crippen molar-refractivity contribution in [2.75, 3.05) is 6.54 Å². The third kappa shape index (κ3) is 6.34. The number of esters is 1. The van der Waals surface area contributed by atoms with E-state index in [1.807, 2.05) is 51.1 Å². The van der Waals surface area contributed by atoms with Gasteiger partial charge in [-0.15, -0.1) is 0 Å². The van der Waals surface area contributed by atoms with E-state index in [0.717, 1.165) is 16.7 Å². The second-order valence-corrected chi connectivity index (χ2v) is 10.8. The molecule has 0 atom stereocenters. The van der Waals surface area contributed by atoms with Crippen LogP contribution in [0.15, 0.2) is 80.8 Å². The van der Waals surface area contributed by atoms with Crippen molar-refractivity contribution in [1.82, 2.24) is 4.72 Å². The lowest BCUT2D eigenvalue weighted by molar-refractivity contribution is -0.134. The topological polar surface area (TPSA) is 103 Å². The largest absolute Gasteiger partial charge is 0.426 e. The maximum Gasteiger partial charge on any atom is 0.340 e. The van der Waals surface area contributed by atoms with Crippen molar-refractivity contribution in [3.8, 4) is 5.75 Å². The fourth-order valence-corrected chi connectivity index (χ4v) is 5.21. The summed E-state index contributed by atoms with van der Waals surface area (Å²) in [7, 11) is -3.65. The summed E-state index contributed by atoms with van der Waals surface area (Å²) in [4.78, 5) is 25.6. The molecule has 0 bridgehead atoms. The number of fused-ring (bicyclic) bond motifs is 1. The molecule has 192 valence electrons. The van der Waals surface area contributed by atoms with Gasteiger partial charge in [0.1, 0.15) is 11.3 Å². The number of ether oxygens (including phenoxy) is 1. The summed E-state index contributed by atoms with van der Waals surface area (Å²) >= 11 is 0. The molecule has 37 heavy (non-hydrogen) atoms. The molecule has 0 amide bonds. The van der Waals surface area contributed by atoms with Crippen molar-refractivity contribution in [1.29, 1.82) is 0 Å². The van der Waals surface area contributed by atoms with E-state index < -0.39 is 21.6 Å². The molecule has 0 fully saturated rings. The zero-order valence-electron chi connectivity index (χ0n) is 21.0. The van der Waals surface area contributed by atoms with E-state index in [9.17, 15) is 18.0 Å². The monoisotopic (exact) mass is 519 g/mol. The highest BCUT2D eigenvalue weighted by Crippen LogP contribution is 2.32. The molecule has 4 rings (SSSR count). The van der Waals surface area contributed by atoms with Crippen LogP contribution < -0.4 is 15.1 Å². The second kappa shape index (κ2) is 11.1. The first kappa shape index (κ1) is 26.3. The summed E-state index contributed by atoms with van der Waals surface area (Å²) in [5.74, 6) is -0.188. The van der Waals surface area contributed by atoms with Crippen molar-refractivity contribution < 1.29 is 22.4 Å². The predicted molar refractivity (Wildman–Crippen MR) is 142 cm³/mol. The molecule has 3 aromatic carbocycles. The van der Waals surface area contributed by atoms with Crippen LogP contribution in [0.4, 0.5) is 0 Å². The van der Waals surface area contributed by atoms with Gasteiger partial charge in [-0.1, -0.05) is 48.0 Å². The van der Waals surface area contributed by atoms with E-state index in [2.05, 4.69) is 4.72 Å². The molecule has 1 aromatic heterocycles. The summed E-state index contributed by atoms with van der Waals surface area (Å²) in [5, 5.41) is 0.574. The molecule has 0 spiro atoms. The van der Waals surface area contributed by atoms with E-state index in [0.29, 0.717) is 34.3 Å². The van der Waals surface area contributed by atoms with Gasteiger partial charge in [-0.2, -0.15) is 0 Å². The summed E-state index contributed by atoms with van der Waals surface area (Å²) in [6.45, 7) is 5.62.